The van der Waals surface area contributed by atoms with Gasteiger partial charge in [-0.15, -0.1) is 0 Å². The van der Waals surface area contributed by atoms with Gasteiger partial charge in [-0.2, -0.15) is 5.10 Å². The molecular weight excluding hydrogens is 318 g/mol. The van der Waals surface area contributed by atoms with Gasteiger partial charge in [-0.05, 0) is 44.0 Å². The molecule has 0 spiro atoms. The summed E-state index contributed by atoms with van der Waals surface area (Å²) in [5.74, 6) is -0.0304. The van der Waals surface area contributed by atoms with Crippen LogP contribution in [0.4, 0.5) is 0 Å². The van der Waals surface area contributed by atoms with Crippen LogP contribution in [0.1, 0.15) is 29.3 Å². The highest BCUT2D eigenvalue weighted by molar-refractivity contribution is 5.96. The van der Waals surface area contributed by atoms with E-state index >= 15 is 0 Å². The number of ether oxygens (including phenoxy) is 1. The highest BCUT2D eigenvalue weighted by Crippen LogP contribution is 2.14. The van der Waals surface area contributed by atoms with Crippen molar-refractivity contribution in [2.45, 2.75) is 26.3 Å². The van der Waals surface area contributed by atoms with E-state index in [1.807, 2.05) is 25.1 Å². The molecule has 2 heterocycles. The molecule has 7 heteroatoms. The first-order valence-corrected chi connectivity index (χ1v) is 8.70. The molecule has 1 aromatic carbocycles. The maximum Gasteiger partial charge on any atom is 0.251 e. The summed E-state index contributed by atoms with van der Waals surface area (Å²) in [5.41, 5.74) is 2.51. The quantitative estimate of drug-likeness (QED) is 0.859. The lowest BCUT2D eigenvalue weighted by atomic mass is 10.1. The van der Waals surface area contributed by atoms with Crippen molar-refractivity contribution in [3.05, 3.63) is 42.0 Å². The normalized spacial score (nSPS) is 16.6. The molecule has 0 aliphatic carbocycles. The third-order valence-corrected chi connectivity index (χ3v) is 4.50. The molecule has 3 rings (SSSR count). The Morgan fingerprint density at radius 3 is 2.84 bits per heavy atom. The third-order valence-electron chi connectivity index (χ3n) is 4.50. The minimum absolute atomic E-state index is 0.0304. The van der Waals surface area contributed by atoms with Crippen LogP contribution in [-0.2, 0) is 4.74 Å². The fourth-order valence-corrected chi connectivity index (χ4v) is 2.96. The summed E-state index contributed by atoms with van der Waals surface area (Å²) < 4.78 is 7.04. The van der Waals surface area contributed by atoms with Gasteiger partial charge in [0, 0.05) is 31.2 Å². The molecule has 1 atom stereocenters. The molecule has 2 aromatic rings. The van der Waals surface area contributed by atoms with Gasteiger partial charge in [0.15, 0.2) is 0 Å². The number of hydrogen-bond acceptors (Lipinski definition) is 5. The second kappa shape index (κ2) is 8.22. The van der Waals surface area contributed by atoms with Gasteiger partial charge >= 0.3 is 0 Å². The Morgan fingerprint density at radius 2 is 2.16 bits per heavy atom. The van der Waals surface area contributed by atoms with Crippen molar-refractivity contribution < 1.29 is 9.53 Å². The molecule has 0 bridgehead atoms. The zero-order chi connectivity index (χ0) is 17.6. The van der Waals surface area contributed by atoms with Crippen LogP contribution in [-0.4, -0.2) is 64.5 Å². The van der Waals surface area contributed by atoms with Crippen molar-refractivity contribution in [1.82, 2.24) is 25.0 Å². The summed E-state index contributed by atoms with van der Waals surface area (Å²) in [6.45, 7) is 8.53. The van der Waals surface area contributed by atoms with Crippen molar-refractivity contribution in [3.8, 4) is 5.69 Å². The van der Waals surface area contributed by atoms with Crippen molar-refractivity contribution in [2.75, 3.05) is 32.8 Å². The van der Waals surface area contributed by atoms with Gasteiger partial charge in [0.2, 0.25) is 0 Å². The first-order chi connectivity index (χ1) is 12.1. The molecule has 1 fully saturated rings. The Kier molecular flexibility index (Phi) is 5.78. The number of carbonyl (C=O) groups is 1. The maximum atomic E-state index is 12.5. The predicted octanol–water partition coefficient (Wildman–Crippen LogP) is 1.42. The summed E-state index contributed by atoms with van der Waals surface area (Å²) in [6.07, 6.45) is 4.07. The standard InChI is InChI=1S/C18H25N5O2/c1-14-11-16(23-13-19-12-20-23)3-4-17(14)18(24)21-15(2)5-6-22-7-9-25-10-8-22/h3-4,11-13,15H,5-10H2,1-2H3,(H,21,24)/t15-/m0/s1. The minimum Gasteiger partial charge on any atom is -0.379 e. The van der Waals surface area contributed by atoms with E-state index in [-0.39, 0.29) is 11.9 Å². The number of nitrogens with one attached hydrogen (secondary N) is 1. The maximum absolute atomic E-state index is 12.5. The summed E-state index contributed by atoms with van der Waals surface area (Å²) in [5, 5.41) is 7.21. The van der Waals surface area contributed by atoms with Gasteiger partial charge < -0.3 is 10.1 Å². The molecule has 0 radical (unpaired) electrons. The fourth-order valence-electron chi connectivity index (χ4n) is 2.96. The monoisotopic (exact) mass is 343 g/mol. The number of carbonyl (C=O) groups excluding carboxylic acids is 1. The minimum atomic E-state index is -0.0304. The third kappa shape index (κ3) is 4.64. The summed E-state index contributed by atoms with van der Waals surface area (Å²) in [4.78, 5) is 18.9. The molecule has 7 nitrogen and oxygen atoms in total. The van der Waals surface area contributed by atoms with Crippen molar-refractivity contribution in [1.29, 1.82) is 0 Å². The number of benzene rings is 1. The van der Waals surface area contributed by atoms with E-state index in [9.17, 15) is 4.79 Å². The van der Waals surface area contributed by atoms with Crippen LogP contribution in [0.3, 0.4) is 0 Å². The van der Waals surface area contributed by atoms with Gasteiger partial charge in [0.25, 0.3) is 5.91 Å². The number of hydrogen-bond donors (Lipinski definition) is 1. The lowest BCUT2D eigenvalue weighted by Crippen LogP contribution is -2.40. The second-order valence-electron chi connectivity index (χ2n) is 6.46. The summed E-state index contributed by atoms with van der Waals surface area (Å²) in [6, 6.07) is 5.80. The van der Waals surface area contributed by atoms with Crippen LogP contribution in [0.2, 0.25) is 0 Å². The predicted molar refractivity (Wildman–Crippen MR) is 94.9 cm³/mol. The number of rotatable bonds is 6. The van der Waals surface area contributed by atoms with Crippen LogP contribution in [0.5, 0.6) is 0 Å². The van der Waals surface area contributed by atoms with E-state index in [1.165, 1.54) is 6.33 Å². The van der Waals surface area contributed by atoms with E-state index in [0.29, 0.717) is 5.56 Å². The molecule has 0 unspecified atom stereocenters. The molecular formula is C18H25N5O2. The summed E-state index contributed by atoms with van der Waals surface area (Å²) >= 11 is 0. The van der Waals surface area contributed by atoms with Crippen LogP contribution in [0.15, 0.2) is 30.9 Å². The molecule has 1 aliphatic heterocycles. The molecule has 25 heavy (non-hydrogen) atoms. The van der Waals surface area contributed by atoms with E-state index < -0.39 is 0 Å². The van der Waals surface area contributed by atoms with Gasteiger partial charge in [0.1, 0.15) is 12.7 Å². The first-order valence-electron chi connectivity index (χ1n) is 8.70. The Hall–Kier alpha value is -2.25. The number of nitrogens with zero attached hydrogens (tertiary/aromatic N) is 4. The molecule has 1 amide bonds. The summed E-state index contributed by atoms with van der Waals surface area (Å²) in [7, 11) is 0. The van der Waals surface area contributed by atoms with Gasteiger partial charge in [0.05, 0.1) is 18.9 Å². The molecule has 0 saturated carbocycles. The second-order valence-corrected chi connectivity index (χ2v) is 6.46. The van der Waals surface area contributed by atoms with Crippen molar-refractivity contribution in [2.24, 2.45) is 0 Å². The zero-order valence-electron chi connectivity index (χ0n) is 14.8. The number of amides is 1. The first kappa shape index (κ1) is 17.6. The molecule has 1 saturated heterocycles. The Morgan fingerprint density at radius 1 is 1.36 bits per heavy atom. The number of aryl methyl sites for hydroxylation is 1. The molecule has 1 aromatic heterocycles. The number of morpholine rings is 1. The van der Waals surface area contributed by atoms with Gasteiger partial charge in [-0.25, -0.2) is 9.67 Å². The van der Waals surface area contributed by atoms with Crippen LogP contribution in [0, 0.1) is 6.92 Å². The topological polar surface area (TPSA) is 72.3 Å². The fraction of sp³-hybridized carbons (Fsp3) is 0.500. The largest absolute Gasteiger partial charge is 0.379 e. The average Bonchev–Trinajstić information content (AvgIpc) is 3.15. The molecule has 1 N–H and O–H groups in total. The highest BCUT2D eigenvalue weighted by atomic mass is 16.5. The van der Waals surface area contributed by atoms with Crippen molar-refractivity contribution >= 4 is 5.91 Å². The Balaban J connectivity index is 1.55. The molecule has 1 aliphatic rings. The lowest BCUT2D eigenvalue weighted by Gasteiger charge is -2.27. The lowest BCUT2D eigenvalue weighted by molar-refractivity contribution is 0.0363. The Bertz CT molecular complexity index is 695. The van der Waals surface area contributed by atoms with Gasteiger partial charge in [-0.3, -0.25) is 9.69 Å². The molecule has 134 valence electrons. The smallest absolute Gasteiger partial charge is 0.251 e. The van der Waals surface area contributed by atoms with E-state index in [1.54, 1.807) is 11.0 Å². The zero-order valence-corrected chi connectivity index (χ0v) is 14.8. The SMILES string of the molecule is Cc1cc(-n2cncn2)ccc1C(=O)N[C@@H](C)CCN1CCOCC1. The van der Waals surface area contributed by atoms with Crippen molar-refractivity contribution in [3.63, 3.8) is 0 Å². The van der Waals surface area contributed by atoms with E-state index in [2.05, 4.69) is 27.2 Å². The van der Waals surface area contributed by atoms with Gasteiger partial charge in [-0.1, -0.05) is 0 Å². The van der Waals surface area contributed by atoms with E-state index in [4.69, 9.17) is 4.74 Å². The number of aromatic nitrogens is 3. The van der Waals surface area contributed by atoms with E-state index in [0.717, 1.165) is 50.5 Å². The average molecular weight is 343 g/mol. The van der Waals surface area contributed by atoms with Crippen LogP contribution < -0.4 is 5.32 Å². The van der Waals surface area contributed by atoms with Crippen LogP contribution >= 0.6 is 0 Å². The Labute approximate surface area is 148 Å². The highest BCUT2D eigenvalue weighted by Gasteiger charge is 2.15. The van der Waals surface area contributed by atoms with Crippen LogP contribution in [0.25, 0.3) is 5.69 Å².